The van der Waals surface area contributed by atoms with E-state index in [2.05, 4.69) is 0 Å². The Labute approximate surface area is 101 Å². The normalized spacial score (nSPS) is 24.4. The highest BCUT2D eigenvalue weighted by Crippen LogP contribution is 2.45. The molecule has 4 heteroatoms. The van der Waals surface area contributed by atoms with E-state index in [9.17, 15) is 9.59 Å². The van der Waals surface area contributed by atoms with E-state index in [1.807, 2.05) is 0 Å². The highest BCUT2D eigenvalue weighted by atomic mass is 35.5. The van der Waals surface area contributed by atoms with Crippen molar-refractivity contribution in [2.45, 2.75) is 44.9 Å². The molecule has 2 fully saturated rings. The van der Waals surface area contributed by atoms with Gasteiger partial charge in [-0.1, -0.05) is 19.3 Å². The van der Waals surface area contributed by atoms with Gasteiger partial charge in [-0.3, -0.25) is 14.5 Å². The third kappa shape index (κ3) is 1.97. The summed E-state index contributed by atoms with van der Waals surface area (Å²) in [4.78, 5) is 25.5. The van der Waals surface area contributed by atoms with Crippen LogP contribution in [0.2, 0.25) is 0 Å². The molecular weight excluding hydrogens is 226 g/mol. The SMILES string of the molecule is O=C1CC2(CCCCC2)C(=O)N1CCCCl. The third-order valence-electron chi connectivity index (χ3n) is 3.82. The summed E-state index contributed by atoms with van der Waals surface area (Å²) in [6, 6.07) is 0. The van der Waals surface area contributed by atoms with Crippen LogP contribution < -0.4 is 0 Å². The molecular formula is C12H18ClNO2. The second-order valence-electron chi connectivity index (χ2n) is 4.91. The Balaban J connectivity index is 2.08. The Hall–Kier alpha value is -0.570. The number of alkyl halides is 1. The average molecular weight is 244 g/mol. The van der Waals surface area contributed by atoms with Crippen molar-refractivity contribution in [1.29, 1.82) is 0 Å². The van der Waals surface area contributed by atoms with Crippen LogP contribution >= 0.6 is 11.6 Å². The smallest absolute Gasteiger partial charge is 0.235 e. The van der Waals surface area contributed by atoms with Crippen molar-refractivity contribution in [3.63, 3.8) is 0 Å². The minimum atomic E-state index is -0.332. The number of imide groups is 1. The van der Waals surface area contributed by atoms with Crippen molar-refractivity contribution in [1.82, 2.24) is 4.90 Å². The molecule has 2 amide bonds. The lowest BCUT2D eigenvalue weighted by Gasteiger charge is -2.30. The molecule has 0 N–H and O–H groups in total. The van der Waals surface area contributed by atoms with Gasteiger partial charge in [0.05, 0.1) is 5.41 Å². The Morgan fingerprint density at radius 3 is 2.50 bits per heavy atom. The molecule has 1 heterocycles. The zero-order chi connectivity index (χ0) is 11.6. The summed E-state index contributed by atoms with van der Waals surface area (Å²) in [5, 5.41) is 0. The lowest BCUT2D eigenvalue weighted by atomic mass is 9.73. The van der Waals surface area contributed by atoms with Crippen LogP contribution in [0.15, 0.2) is 0 Å². The number of carbonyl (C=O) groups is 2. The molecule has 0 radical (unpaired) electrons. The van der Waals surface area contributed by atoms with Crippen molar-refractivity contribution in [3.05, 3.63) is 0 Å². The molecule has 1 aliphatic carbocycles. The predicted octanol–water partition coefficient (Wildman–Crippen LogP) is 2.32. The fourth-order valence-electron chi connectivity index (χ4n) is 2.92. The van der Waals surface area contributed by atoms with Gasteiger partial charge in [-0.15, -0.1) is 11.6 Å². The van der Waals surface area contributed by atoms with Crippen LogP contribution in [0.25, 0.3) is 0 Å². The number of halogens is 1. The van der Waals surface area contributed by atoms with Gasteiger partial charge in [-0.2, -0.15) is 0 Å². The van der Waals surface area contributed by atoms with E-state index in [4.69, 9.17) is 11.6 Å². The van der Waals surface area contributed by atoms with Crippen LogP contribution in [-0.4, -0.2) is 29.1 Å². The number of carbonyl (C=O) groups excluding carboxylic acids is 2. The van der Waals surface area contributed by atoms with Crippen LogP contribution in [-0.2, 0) is 9.59 Å². The second kappa shape index (κ2) is 4.74. The van der Waals surface area contributed by atoms with Crippen molar-refractivity contribution in [2.75, 3.05) is 12.4 Å². The summed E-state index contributed by atoms with van der Waals surface area (Å²) < 4.78 is 0. The quantitative estimate of drug-likeness (QED) is 0.564. The fraction of sp³-hybridized carbons (Fsp3) is 0.833. The molecule has 1 aliphatic heterocycles. The molecule has 1 spiro atoms. The maximum Gasteiger partial charge on any atom is 0.235 e. The zero-order valence-corrected chi connectivity index (χ0v) is 10.3. The molecule has 0 aromatic heterocycles. The summed E-state index contributed by atoms with van der Waals surface area (Å²) in [5.41, 5.74) is -0.332. The molecule has 0 bridgehead atoms. The summed E-state index contributed by atoms with van der Waals surface area (Å²) in [6.45, 7) is 0.503. The standard InChI is InChI=1S/C12H18ClNO2/c13-7-4-8-14-10(15)9-12(11(14)16)5-2-1-3-6-12/h1-9H2. The monoisotopic (exact) mass is 243 g/mol. The van der Waals surface area contributed by atoms with E-state index < -0.39 is 0 Å². The van der Waals surface area contributed by atoms with Crippen LogP contribution in [0.3, 0.4) is 0 Å². The van der Waals surface area contributed by atoms with Gasteiger partial charge in [-0.05, 0) is 19.3 Å². The van der Waals surface area contributed by atoms with Crippen LogP contribution in [0.1, 0.15) is 44.9 Å². The fourth-order valence-corrected chi connectivity index (χ4v) is 3.04. The van der Waals surface area contributed by atoms with E-state index >= 15 is 0 Å². The molecule has 0 aromatic rings. The Kier molecular flexibility index (Phi) is 3.53. The minimum Gasteiger partial charge on any atom is -0.282 e. The van der Waals surface area contributed by atoms with Gasteiger partial charge in [0.2, 0.25) is 11.8 Å². The number of hydrogen-bond donors (Lipinski definition) is 0. The van der Waals surface area contributed by atoms with E-state index in [0.29, 0.717) is 25.3 Å². The van der Waals surface area contributed by atoms with E-state index in [-0.39, 0.29) is 17.2 Å². The van der Waals surface area contributed by atoms with Gasteiger partial charge in [0.1, 0.15) is 0 Å². The summed E-state index contributed by atoms with van der Waals surface area (Å²) in [5.74, 6) is 0.587. The van der Waals surface area contributed by atoms with E-state index in [1.54, 1.807) is 0 Å². The van der Waals surface area contributed by atoms with Crippen molar-refractivity contribution < 1.29 is 9.59 Å². The van der Waals surface area contributed by atoms with Gasteiger partial charge in [-0.25, -0.2) is 0 Å². The number of rotatable bonds is 3. The first-order valence-corrected chi connectivity index (χ1v) is 6.64. The molecule has 2 rings (SSSR count). The highest BCUT2D eigenvalue weighted by molar-refractivity contribution is 6.17. The summed E-state index contributed by atoms with van der Waals surface area (Å²) in [7, 11) is 0. The molecule has 90 valence electrons. The number of hydrogen-bond acceptors (Lipinski definition) is 2. The second-order valence-corrected chi connectivity index (χ2v) is 5.29. The third-order valence-corrected chi connectivity index (χ3v) is 4.08. The van der Waals surface area contributed by atoms with Gasteiger partial charge in [0.15, 0.2) is 0 Å². The first kappa shape index (κ1) is 11.9. The largest absolute Gasteiger partial charge is 0.282 e. The van der Waals surface area contributed by atoms with Gasteiger partial charge in [0.25, 0.3) is 0 Å². The lowest BCUT2D eigenvalue weighted by Crippen LogP contribution is -2.37. The van der Waals surface area contributed by atoms with Gasteiger partial charge < -0.3 is 0 Å². The molecule has 2 aliphatic rings. The molecule has 16 heavy (non-hydrogen) atoms. The predicted molar refractivity (Wildman–Crippen MR) is 62.2 cm³/mol. The number of likely N-dealkylation sites (tertiary alicyclic amines) is 1. The average Bonchev–Trinajstić information content (AvgIpc) is 2.50. The summed E-state index contributed by atoms with van der Waals surface area (Å²) in [6.07, 6.45) is 6.31. The maximum atomic E-state index is 12.3. The minimum absolute atomic E-state index is 0.0111. The molecule has 0 unspecified atom stereocenters. The van der Waals surface area contributed by atoms with Crippen molar-refractivity contribution in [3.8, 4) is 0 Å². The molecule has 0 atom stereocenters. The zero-order valence-electron chi connectivity index (χ0n) is 9.51. The first-order chi connectivity index (χ1) is 7.69. The van der Waals surface area contributed by atoms with Gasteiger partial charge >= 0.3 is 0 Å². The van der Waals surface area contributed by atoms with Crippen molar-refractivity contribution in [2.24, 2.45) is 5.41 Å². The Morgan fingerprint density at radius 1 is 1.19 bits per heavy atom. The van der Waals surface area contributed by atoms with Crippen LogP contribution in [0, 0.1) is 5.41 Å². The molecule has 1 saturated carbocycles. The van der Waals surface area contributed by atoms with Crippen LogP contribution in [0.5, 0.6) is 0 Å². The first-order valence-electron chi connectivity index (χ1n) is 6.10. The number of amides is 2. The lowest BCUT2D eigenvalue weighted by molar-refractivity contribution is -0.142. The molecule has 0 aromatic carbocycles. The topological polar surface area (TPSA) is 37.4 Å². The van der Waals surface area contributed by atoms with Gasteiger partial charge in [0, 0.05) is 18.8 Å². The van der Waals surface area contributed by atoms with E-state index in [0.717, 1.165) is 25.7 Å². The van der Waals surface area contributed by atoms with E-state index in [1.165, 1.54) is 11.3 Å². The number of nitrogens with zero attached hydrogens (tertiary/aromatic N) is 1. The highest BCUT2D eigenvalue weighted by Gasteiger charge is 2.50. The van der Waals surface area contributed by atoms with Crippen molar-refractivity contribution >= 4 is 23.4 Å². The van der Waals surface area contributed by atoms with Crippen LogP contribution in [0.4, 0.5) is 0 Å². The maximum absolute atomic E-state index is 12.3. The Bertz CT molecular complexity index is 297. The Morgan fingerprint density at radius 2 is 1.88 bits per heavy atom. The summed E-state index contributed by atoms with van der Waals surface area (Å²) >= 11 is 5.60. The molecule has 1 saturated heterocycles. The molecule has 3 nitrogen and oxygen atoms in total.